The lowest BCUT2D eigenvalue weighted by molar-refractivity contribution is -0.351. The lowest BCUT2D eigenvalue weighted by atomic mass is 9.79. The molecule has 3 heterocycles. The first-order chi connectivity index (χ1) is 40.3. The van der Waals surface area contributed by atoms with Crippen LogP contribution in [-0.2, 0) is 101 Å². The summed E-state index contributed by atoms with van der Waals surface area (Å²) in [5, 5.41) is 0. The van der Waals surface area contributed by atoms with Crippen molar-refractivity contribution in [3.8, 4) is 0 Å². The summed E-state index contributed by atoms with van der Waals surface area (Å²) in [4.78, 5) is 0.104. The van der Waals surface area contributed by atoms with Crippen LogP contribution in [0.5, 0.6) is 0 Å². The van der Waals surface area contributed by atoms with E-state index in [9.17, 15) is 0 Å². The number of hydrogen-bond donors (Lipinski definition) is 0. The van der Waals surface area contributed by atoms with Crippen molar-refractivity contribution in [2.45, 2.75) is 145 Å². The summed E-state index contributed by atoms with van der Waals surface area (Å²) in [6.07, 6.45) is -7.96. The Morgan fingerprint density at radius 2 is 0.771 bits per heavy atom. The summed E-state index contributed by atoms with van der Waals surface area (Å²) in [7, 11) is -4.77. The second-order valence-electron chi connectivity index (χ2n) is 22.7. The molecule has 0 aliphatic carbocycles. The Hall–Kier alpha value is -5.89. The summed E-state index contributed by atoms with van der Waals surface area (Å²) in [6.45, 7) is 11.6. The van der Waals surface area contributed by atoms with Gasteiger partial charge in [0.2, 0.25) is 0 Å². The molecule has 0 saturated carbocycles. The first kappa shape index (κ1) is 60.2. The van der Waals surface area contributed by atoms with Crippen molar-refractivity contribution in [3.05, 3.63) is 240 Å². The molecule has 13 nitrogen and oxygen atoms in total. The first-order valence-corrected chi connectivity index (χ1v) is 30.4. The molecular weight excluding hydrogens is 1070 g/mol. The third-order valence-corrected chi connectivity index (χ3v) is 17.8. The fourth-order valence-corrected chi connectivity index (χ4v) is 12.2. The van der Waals surface area contributed by atoms with Crippen LogP contribution in [0.15, 0.2) is 211 Å². The van der Waals surface area contributed by atoms with E-state index in [1.807, 2.05) is 210 Å². The minimum absolute atomic E-state index is 0.0142. The van der Waals surface area contributed by atoms with Crippen LogP contribution in [0, 0.1) is 5.92 Å². The Labute approximate surface area is 490 Å². The number of ether oxygens (including phenoxy) is 9. The van der Waals surface area contributed by atoms with E-state index in [2.05, 4.69) is 6.92 Å². The van der Waals surface area contributed by atoms with Gasteiger partial charge >= 0.3 is 7.12 Å². The van der Waals surface area contributed by atoms with Crippen LogP contribution in [0.25, 0.3) is 0 Å². The van der Waals surface area contributed by atoms with Crippen LogP contribution < -0.4 is 5.46 Å². The molecule has 4 unspecified atom stereocenters. The summed E-state index contributed by atoms with van der Waals surface area (Å²) < 4.78 is 106. The predicted octanol–water partition coefficient (Wildman–Crippen LogP) is 11.0. The van der Waals surface area contributed by atoms with Crippen molar-refractivity contribution in [2.75, 3.05) is 19.0 Å². The zero-order chi connectivity index (χ0) is 57.7. The van der Waals surface area contributed by atoms with Gasteiger partial charge < -0.3 is 51.9 Å². The highest BCUT2D eigenvalue weighted by molar-refractivity contribution is 7.91. The van der Waals surface area contributed by atoms with Gasteiger partial charge in [-0.1, -0.05) is 201 Å². The highest BCUT2D eigenvalue weighted by Crippen LogP contribution is 2.39. The highest BCUT2D eigenvalue weighted by Gasteiger charge is 2.55. The molecule has 3 saturated heterocycles. The molecule has 3 fully saturated rings. The zero-order valence-corrected chi connectivity index (χ0v) is 48.9. The van der Waals surface area contributed by atoms with Gasteiger partial charge in [0.1, 0.15) is 42.7 Å². The normalized spacial score (nSPS) is 25.0. The molecule has 0 amide bonds. The summed E-state index contributed by atoms with van der Waals surface area (Å²) in [6, 6.07) is 66.2. The molecule has 15 heteroatoms. The number of hydrogen-bond acceptors (Lipinski definition) is 13. The third-order valence-electron chi connectivity index (χ3n) is 16.1. The molecule has 0 bridgehead atoms. The molecule has 3 aliphatic heterocycles. The predicted molar refractivity (Wildman–Crippen MR) is 318 cm³/mol. The second-order valence-corrected chi connectivity index (χ2v) is 24.7. The Morgan fingerprint density at radius 1 is 0.410 bits per heavy atom. The molecule has 3 aliphatic rings. The van der Waals surface area contributed by atoms with E-state index in [1.165, 1.54) is 0 Å². The fraction of sp³-hybridized carbons (Fsp3) is 0.382. The van der Waals surface area contributed by atoms with Crippen molar-refractivity contribution in [2.24, 2.45) is 5.92 Å². The molecule has 0 N–H and O–H groups in total. The van der Waals surface area contributed by atoms with E-state index < -0.39 is 89.0 Å². The lowest BCUT2D eigenvalue weighted by Gasteiger charge is -2.50. The van der Waals surface area contributed by atoms with Gasteiger partial charge in [-0.15, -0.1) is 0 Å². The molecular formula is C68H77BO13S. The maximum Gasteiger partial charge on any atom is 0.494 e. The SMILES string of the molecule is C[C@@H]1C(OCc2ccccc2)[C@H](O[C@H]2C(COCc3ccccc3)O[C@@H](CS(=O)(=O)c3ccc(B4OC(C)(C)C(C)(C)O4)cc3)C(OCc3ccccc3)[C@H]2OCc2ccccc2)OC(COCc2ccccc2)[C@@H]1OCc1ccccc1. The van der Waals surface area contributed by atoms with Gasteiger partial charge in [-0.05, 0) is 78.7 Å². The Morgan fingerprint density at radius 3 is 1.19 bits per heavy atom. The molecule has 10 atom stereocenters. The standard InChI is InChI=1S/C68H77BO13S/c1-49-61(74-42-52-28-16-8-17-29-52)58(46-72-40-50-24-12-6-13-25-50)79-66(62(49)75-43-53-30-18-9-19-31-53)80-64-59(47-73-41-51-26-14-7-15-27-51)78-60(48-83(70,71)57-38-36-56(37-39-57)69-81-67(2,3)68(4,5)82-69)63(76-44-54-32-20-10-21-33-54)65(64)77-45-55-34-22-11-23-35-55/h6-39,49,58-66H,40-48H2,1-5H3/t49-,58?,59?,60-,61+,62?,63?,64-,65+,66-/m0/s1. The van der Waals surface area contributed by atoms with Gasteiger partial charge in [-0.25, -0.2) is 8.42 Å². The van der Waals surface area contributed by atoms with Crippen LogP contribution in [0.4, 0.5) is 0 Å². The molecule has 436 valence electrons. The first-order valence-electron chi connectivity index (χ1n) is 28.8. The fourth-order valence-electron chi connectivity index (χ4n) is 10.7. The highest BCUT2D eigenvalue weighted by atomic mass is 32.2. The minimum Gasteiger partial charge on any atom is -0.399 e. The molecule has 0 spiro atoms. The van der Waals surface area contributed by atoms with E-state index in [1.54, 1.807) is 24.3 Å². The molecule has 7 aromatic rings. The lowest BCUT2D eigenvalue weighted by Crippen LogP contribution is -2.65. The van der Waals surface area contributed by atoms with Crippen molar-refractivity contribution in [3.63, 3.8) is 0 Å². The van der Waals surface area contributed by atoms with E-state index in [-0.39, 0.29) is 50.5 Å². The minimum atomic E-state index is -4.10. The molecule has 7 aromatic carbocycles. The molecule has 10 rings (SSSR count). The second kappa shape index (κ2) is 28.3. The number of sulfone groups is 1. The van der Waals surface area contributed by atoms with E-state index in [0.717, 1.165) is 33.4 Å². The smallest absolute Gasteiger partial charge is 0.399 e. The van der Waals surface area contributed by atoms with Crippen LogP contribution in [0.2, 0.25) is 0 Å². The van der Waals surface area contributed by atoms with Gasteiger partial charge in [0.15, 0.2) is 16.1 Å². The summed E-state index contributed by atoms with van der Waals surface area (Å²) in [5.74, 6) is -0.789. The van der Waals surface area contributed by atoms with E-state index >= 15 is 8.42 Å². The topological polar surface area (TPSA) is 136 Å². The Balaban J connectivity index is 1.02. The molecule has 0 aromatic heterocycles. The maximum absolute atomic E-state index is 15.0. The van der Waals surface area contributed by atoms with Gasteiger partial charge in [0.25, 0.3) is 0 Å². The van der Waals surface area contributed by atoms with Crippen LogP contribution in [-0.4, -0.2) is 101 Å². The summed E-state index contributed by atoms with van der Waals surface area (Å²) in [5.41, 5.74) is 5.26. The quantitative estimate of drug-likeness (QED) is 0.0477. The van der Waals surface area contributed by atoms with Crippen molar-refractivity contribution in [1.82, 2.24) is 0 Å². The average molecular weight is 1150 g/mol. The average Bonchev–Trinajstić information content (AvgIpc) is 3.84. The summed E-state index contributed by atoms with van der Waals surface area (Å²) >= 11 is 0. The molecule has 0 radical (unpaired) electrons. The van der Waals surface area contributed by atoms with Crippen LogP contribution >= 0.6 is 0 Å². The third kappa shape index (κ3) is 15.9. The molecule has 83 heavy (non-hydrogen) atoms. The van der Waals surface area contributed by atoms with Crippen molar-refractivity contribution >= 4 is 22.4 Å². The Kier molecular flexibility index (Phi) is 20.6. The van der Waals surface area contributed by atoms with Crippen LogP contribution in [0.1, 0.15) is 68.0 Å². The van der Waals surface area contributed by atoms with E-state index in [4.69, 9.17) is 51.9 Å². The van der Waals surface area contributed by atoms with E-state index in [0.29, 0.717) is 18.7 Å². The largest absolute Gasteiger partial charge is 0.494 e. The number of benzene rings is 7. The van der Waals surface area contributed by atoms with Gasteiger partial charge in [-0.3, -0.25) is 0 Å². The monoisotopic (exact) mass is 1140 g/mol. The van der Waals surface area contributed by atoms with Crippen LogP contribution in [0.3, 0.4) is 0 Å². The van der Waals surface area contributed by atoms with Gasteiger partial charge in [0, 0.05) is 5.92 Å². The maximum atomic E-state index is 15.0. The number of rotatable bonds is 26. The van der Waals surface area contributed by atoms with Crippen molar-refractivity contribution in [1.29, 1.82) is 0 Å². The van der Waals surface area contributed by atoms with Crippen molar-refractivity contribution < 1.29 is 60.4 Å². The van der Waals surface area contributed by atoms with Gasteiger partial charge in [-0.2, -0.15) is 0 Å². The van der Waals surface area contributed by atoms with Gasteiger partial charge in [0.05, 0.1) is 80.8 Å². The Bertz CT molecular complexity index is 3130. The zero-order valence-electron chi connectivity index (χ0n) is 48.1.